The molecule has 118 valence electrons. The number of nitrogens with one attached hydrogen (secondary N) is 1. The van der Waals surface area contributed by atoms with Gasteiger partial charge in [0.1, 0.15) is 0 Å². The predicted octanol–water partition coefficient (Wildman–Crippen LogP) is 4.31. The number of carbonyl (C=O) groups is 1. The van der Waals surface area contributed by atoms with Gasteiger partial charge in [-0.15, -0.1) is 6.58 Å². The Kier molecular flexibility index (Phi) is 9.94. The molecule has 0 aliphatic rings. The highest BCUT2D eigenvalue weighted by Crippen LogP contribution is 2.20. The molecule has 3 nitrogen and oxygen atoms in total. The van der Waals surface area contributed by atoms with E-state index in [1.165, 1.54) is 0 Å². The zero-order valence-corrected chi connectivity index (χ0v) is 14.9. The van der Waals surface area contributed by atoms with Gasteiger partial charge in [0.2, 0.25) is 5.91 Å². The molecule has 0 aromatic heterocycles. The van der Waals surface area contributed by atoms with Crippen LogP contribution in [0.15, 0.2) is 47.7 Å². The fourth-order valence-electron chi connectivity index (χ4n) is 1.84. The highest BCUT2D eigenvalue weighted by atomic mass is 31.0. The van der Waals surface area contributed by atoms with Crippen LogP contribution in [0.5, 0.6) is 0 Å². The van der Waals surface area contributed by atoms with Crippen molar-refractivity contribution >= 4 is 15.4 Å². The summed E-state index contributed by atoms with van der Waals surface area (Å²) in [6, 6.07) is 0. The van der Waals surface area contributed by atoms with Crippen molar-refractivity contribution in [2.45, 2.75) is 47.1 Å². The van der Waals surface area contributed by atoms with Crippen molar-refractivity contribution in [3.05, 3.63) is 47.7 Å². The minimum Gasteiger partial charge on any atom is -0.362 e. The largest absolute Gasteiger partial charge is 0.362 e. The lowest BCUT2D eigenvalue weighted by molar-refractivity contribution is -0.115. The van der Waals surface area contributed by atoms with Crippen molar-refractivity contribution in [1.82, 2.24) is 5.32 Å². The van der Waals surface area contributed by atoms with Gasteiger partial charge >= 0.3 is 0 Å². The van der Waals surface area contributed by atoms with Gasteiger partial charge in [-0.1, -0.05) is 29.7 Å². The fraction of sp³-hybridized carbons (Fsp3) is 0.471. The van der Waals surface area contributed by atoms with Crippen LogP contribution in [0.3, 0.4) is 0 Å². The summed E-state index contributed by atoms with van der Waals surface area (Å²) >= 11 is 0. The molecule has 0 aliphatic carbocycles. The average Bonchev–Trinajstić information content (AvgIpc) is 2.34. The lowest BCUT2D eigenvalue weighted by Crippen LogP contribution is -2.17. The van der Waals surface area contributed by atoms with Crippen molar-refractivity contribution in [2.75, 3.05) is 0 Å². The Labute approximate surface area is 131 Å². The van der Waals surface area contributed by atoms with E-state index in [1.54, 1.807) is 12.3 Å². The first kappa shape index (κ1) is 19.8. The molecule has 1 N–H and O–H groups in total. The van der Waals surface area contributed by atoms with Gasteiger partial charge in [0.15, 0.2) is 0 Å². The molecule has 1 unspecified atom stereocenters. The van der Waals surface area contributed by atoms with Crippen molar-refractivity contribution in [2.24, 2.45) is 5.92 Å². The maximum absolute atomic E-state index is 11.4. The monoisotopic (exact) mass is 309 g/mol. The minimum absolute atomic E-state index is 0.0936. The van der Waals surface area contributed by atoms with E-state index in [4.69, 9.17) is 4.52 Å². The van der Waals surface area contributed by atoms with E-state index >= 15 is 0 Å². The van der Waals surface area contributed by atoms with Crippen molar-refractivity contribution in [3.8, 4) is 0 Å². The second-order valence-electron chi connectivity index (χ2n) is 5.67. The molecule has 0 aromatic rings. The smallest absolute Gasteiger partial charge is 0.247 e. The molecule has 1 amide bonds. The highest BCUT2D eigenvalue weighted by Gasteiger charge is 2.14. The van der Waals surface area contributed by atoms with Gasteiger partial charge in [-0.25, -0.2) is 0 Å². The number of allylic oxidation sites excluding steroid dienone is 3. The Bertz CT molecular complexity index is 446. The van der Waals surface area contributed by atoms with Gasteiger partial charge in [0, 0.05) is 27.7 Å². The molecule has 0 saturated carbocycles. The zero-order chi connectivity index (χ0) is 16.4. The van der Waals surface area contributed by atoms with Gasteiger partial charge < -0.3 is 9.84 Å². The van der Waals surface area contributed by atoms with Crippen molar-refractivity contribution in [3.63, 3.8) is 0 Å². The summed E-state index contributed by atoms with van der Waals surface area (Å²) in [5.41, 5.74) is 3.15. The molecule has 0 bridgehead atoms. The molecule has 0 saturated heterocycles. The molecule has 0 radical (unpaired) electrons. The molecule has 0 aromatic carbocycles. The first-order chi connectivity index (χ1) is 9.76. The van der Waals surface area contributed by atoms with E-state index < -0.39 is 0 Å². The third-order valence-electron chi connectivity index (χ3n) is 2.83. The van der Waals surface area contributed by atoms with Crippen molar-refractivity contribution < 1.29 is 9.32 Å². The number of hydrogen-bond acceptors (Lipinski definition) is 2. The SMILES string of the molecule is C=C(C)C[C@@H](OP)[C@H](C)/C=C(C)/C=C/NC(=O)C=C(C)C. The van der Waals surface area contributed by atoms with Gasteiger partial charge in [-0.05, 0) is 40.2 Å². The van der Waals surface area contributed by atoms with Crippen LogP contribution in [0.1, 0.15) is 41.0 Å². The van der Waals surface area contributed by atoms with Crippen LogP contribution in [-0.4, -0.2) is 12.0 Å². The zero-order valence-electron chi connectivity index (χ0n) is 13.8. The maximum Gasteiger partial charge on any atom is 0.247 e. The van der Waals surface area contributed by atoms with Crippen LogP contribution in [0.25, 0.3) is 0 Å². The molecular weight excluding hydrogens is 281 g/mol. The third kappa shape index (κ3) is 10.2. The minimum atomic E-state index is -0.111. The van der Waals surface area contributed by atoms with Gasteiger partial charge in [-0.2, -0.15) is 0 Å². The standard InChI is InChI=1S/C17H28NO2P/c1-12(2)9-16(20-21)15(6)11-14(5)7-8-18-17(19)10-13(3)4/h7-8,10-11,15-16H,1,9,21H2,2-6H3,(H,18,19)/b8-7+,14-11+/t15-,16-/m1/s1. The van der Waals surface area contributed by atoms with Gasteiger partial charge in [-0.3, -0.25) is 4.79 Å². The second kappa shape index (κ2) is 10.5. The lowest BCUT2D eigenvalue weighted by Gasteiger charge is -2.20. The number of hydrogen-bond donors (Lipinski definition) is 1. The number of amides is 1. The first-order valence-corrected chi connectivity index (χ1v) is 7.53. The normalized spacial score (nSPS) is 14.7. The van der Waals surface area contributed by atoms with E-state index in [9.17, 15) is 4.79 Å². The molecule has 0 spiro atoms. The van der Waals surface area contributed by atoms with E-state index in [1.807, 2.05) is 33.8 Å². The Morgan fingerprint density at radius 1 is 1.33 bits per heavy atom. The van der Waals surface area contributed by atoms with Crippen LogP contribution in [-0.2, 0) is 9.32 Å². The van der Waals surface area contributed by atoms with E-state index in [0.29, 0.717) is 0 Å². The Hall–Kier alpha value is -1.18. The summed E-state index contributed by atoms with van der Waals surface area (Å²) in [6.45, 7) is 13.8. The molecule has 0 fully saturated rings. The molecule has 4 heteroatoms. The van der Waals surface area contributed by atoms with Crippen LogP contribution in [0.2, 0.25) is 0 Å². The molecule has 0 heterocycles. The Morgan fingerprint density at radius 3 is 2.43 bits per heavy atom. The summed E-state index contributed by atoms with van der Waals surface area (Å²) in [5.74, 6) is 0.151. The average molecular weight is 309 g/mol. The Balaban J connectivity index is 4.55. The van der Waals surface area contributed by atoms with Gasteiger partial charge in [0.25, 0.3) is 0 Å². The fourth-order valence-corrected chi connectivity index (χ4v) is 2.18. The summed E-state index contributed by atoms with van der Waals surface area (Å²) in [5, 5.41) is 2.71. The maximum atomic E-state index is 11.4. The molecule has 0 rings (SSSR count). The molecule has 0 aliphatic heterocycles. The third-order valence-corrected chi connectivity index (χ3v) is 3.18. The van der Waals surface area contributed by atoms with Crippen LogP contribution in [0, 0.1) is 5.92 Å². The number of rotatable bonds is 8. The molecular formula is C17H28NO2P. The Morgan fingerprint density at radius 2 is 1.95 bits per heavy atom. The summed E-state index contributed by atoms with van der Waals surface area (Å²) in [6.07, 6.45) is 8.16. The molecule has 3 atom stereocenters. The van der Waals surface area contributed by atoms with Crippen LogP contribution >= 0.6 is 9.47 Å². The predicted molar refractivity (Wildman–Crippen MR) is 93.6 cm³/mol. The second-order valence-corrected chi connectivity index (χ2v) is 5.94. The van der Waals surface area contributed by atoms with E-state index in [-0.39, 0.29) is 17.9 Å². The summed E-state index contributed by atoms with van der Waals surface area (Å²) in [7, 11) is 2.33. The van der Waals surface area contributed by atoms with Crippen LogP contribution in [0.4, 0.5) is 0 Å². The van der Waals surface area contributed by atoms with Crippen LogP contribution < -0.4 is 5.32 Å². The lowest BCUT2D eigenvalue weighted by atomic mass is 9.97. The van der Waals surface area contributed by atoms with E-state index in [2.05, 4.69) is 34.4 Å². The summed E-state index contributed by atoms with van der Waals surface area (Å²) < 4.78 is 5.42. The quantitative estimate of drug-likeness (QED) is 0.314. The first-order valence-electron chi connectivity index (χ1n) is 7.06. The topological polar surface area (TPSA) is 38.3 Å². The van der Waals surface area contributed by atoms with Gasteiger partial charge in [0.05, 0.1) is 6.10 Å². The molecule has 21 heavy (non-hydrogen) atoms. The highest BCUT2D eigenvalue weighted by molar-refractivity contribution is 7.09. The van der Waals surface area contributed by atoms with Crippen molar-refractivity contribution in [1.29, 1.82) is 0 Å². The summed E-state index contributed by atoms with van der Waals surface area (Å²) in [4.78, 5) is 11.4. The number of carbonyl (C=O) groups excluding carboxylic acids is 1. The van der Waals surface area contributed by atoms with E-state index in [0.717, 1.165) is 23.1 Å².